The molecule has 3 rings (SSSR count). The van der Waals surface area contributed by atoms with E-state index in [2.05, 4.69) is 50.4 Å². The first-order valence-electron chi connectivity index (χ1n) is 11.2. The third kappa shape index (κ3) is 6.32. The number of nitrogens with one attached hydrogen (secondary N) is 1. The highest BCUT2D eigenvalue weighted by Gasteiger charge is 2.50. The van der Waals surface area contributed by atoms with E-state index in [1.54, 1.807) is 0 Å². The van der Waals surface area contributed by atoms with E-state index in [1.165, 1.54) is 0 Å². The largest absolute Gasteiger partial charge is 0.445 e. The van der Waals surface area contributed by atoms with E-state index < -0.39 is 20.5 Å². The lowest BCUT2D eigenvalue weighted by molar-refractivity contribution is 0.0928. The van der Waals surface area contributed by atoms with Crippen LogP contribution in [0.15, 0.2) is 91.0 Å². The van der Waals surface area contributed by atoms with Crippen LogP contribution in [0.1, 0.15) is 26.3 Å². The average molecular weight is 464 g/mol. The Hall–Kier alpha value is -2.93. The van der Waals surface area contributed by atoms with Gasteiger partial charge >= 0.3 is 6.09 Å². The molecule has 0 aliphatic carbocycles. The van der Waals surface area contributed by atoms with Crippen molar-refractivity contribution in [2.45, 2.75) is 38.5 Å². The summed E-state index contributed by atoms with van der Waals surface area (Å²) in [4.78, 5) is 12.0. The third-order valence-corrected chi connectivity index (χ3v) is 10.6. The van der Waals surface area contributed by atoms with Gasteiger partial charge in [-0.2, -0.15) is 0 Å². The fourth-order valence-corrected chi connectivity index (χ4v) is 8.61. The van der Waals surface area contributed by atoms with Crippen molar-refractivity contribution in [3.05, 3.63) is 96.6 Å². The second-order valence-electron chi connectivity index (χ2n) is 9.07. The minimum absolute atomic E-state index is 0.0474. The molecular weight excluding hydrogens is 430 g/mol. The zero-order valence-corrected chi connectivity index (χ0v) is 20.5. The van der Waals surface area contributed by atoms with Gasteiger partial charge in [-0.25, -0.2) is 4.79 Å². The van der Waals surface area contributed by atoms with E-state index >= 15 is 0 Å². The number of hydrogen-bond acceptors (Lipinski definition) is 4. The summed E-state index contributed by atoms with van der Waals surface area (Å²) >= 11 is 0. The van der Waals surface area contributed by atoms with Gasteiger partial charge in [0.05, 0.1) is 12.7 Å². The van der Waals surface area contributed by atoms with Crippen molar-refractivity contribution in [3.8, 4) is 0 Å². The van der Waals surface area contributed by atoms with E-state index in [0.29, 0.717) is 0 Å². The summed E-state index contributed by atoms with van der Waals surface area (Å²) < 4.78 is 11.9. The molecule has 0 spiro atoms. The van der Waals surface area contributed by atoms with Crippen LogP contribution < -0.4 is 15.7 Å². The molecule has 5 nitrogen and oxygen atoms in total. The van der Waals surface area contributed by atoms with Crippen LogP contribution in [0.3, 0.4) is 0 Å². The molecule has 6 heteroatoms. The second-order valence-corrected chi connectivity index (χ2v) is 13.4. The average Bonchev–Trinajstić information content (AvgIpc) is 2.83. The molecule has 174 valence electrons. The van der Waals surface area contributed by atoms with Crippen molar-refractivity contribution in [2.75, 3.05) is 13.2 Å². The van der Waals surface area contributed by atoms with Crippen molar-refractivity contribution in [2.24, 2.45) is 0 Å². The lowest BCUT2D eigenvalue weighted by Crippen LogP contribution is -2.67. The van der Waals surface area contributed by atoms with Crippen molar-refractivity contribution < 1.29 is 19.1 Å². The summed E-state index contributed by atoms with van der Waals surface area (Å²) in [6, 6.07) is 30.0. The normalized spacial score (nSPS) is 12.7. The summed E-state index contributed by atoms with van der Waals surface area (Å²) in [6.07, 6.45) is -1.43. The first-order chi connectivity index (χ1) is 15.8. The molecule has 0 aliphatic heterocycles. The molecule has 33 heavy (non-hydrogen) atoms. The Bertz CT molecular complexity index is 951. The van der Waals surface area contributed by atoms with Gasteiger partial charge in [0.2, 0.25) is 0 Å². The molecule has 3 aromatic rings. The Labute approximate surface area is 197 Å². The van der Waals surface area contributed by atoms with Crippen LogP contribution in [0.4, 0.5) is 4.79 Å². The number of hydrogen-bond donors (Lipinski definition) is 2. The highest BCUT2D eigenvalue weighted by molar-refractivity contribution is 6.99. The quantitative estimate of drug-likeness (QED) is 0.473. The Balaban J connectivity index is 1.67. The predicted octanol–water partition coefficient (Wildman–Crippen LogP) is 3.85. The van der Waals surface area contributed by atoms with Gasteiger partial charge in [-0.15, -0.1) is 0 Å². The molecule has 2 N–H and O–H groups in total. The van der Waals surface area contributed by atoms with Crippen molar-refractivity contribution in [1.29, 1.82) is 0 Å². The van der Waals surface area contributed by atoms with Gasteiger partial charge in [-0.1, -0.05) is 112 Å². The molecule has 1 atom stereocenters. The van der Waals surface area contributed by atoms with Crippen LogP contribution in [-0.2, 0) is 15.8 Å². The smallest absolute Gasteiger partial charge is 0.407 e. The molecule has 0 saturated carbocycles. The highest BCUT2D eigenvalue weighted by Crippen LogP contribution is 2.36. The second kappa shape index (κ2) is 11.3. The van der Waals surface area contributed by atoms with Gasteiger partial charge in [0.15, 0.2) is 0 Å². The zero-order chi connectivity index (χ0) is 23.7. The van der Waals surface area contributed by atoms with Crippen LogP contribution in [-0.4, -0.2) is 38.8 Å². The zero-order valence-electron chi connectivity index (χ0n) is 19.5. The standard InChI is InChI=1S/C27H33NO4Si/c1-27(2,3)33(24-15-9-5-10-16-24,25-17-11-6-12-18-25)32-21-23(29)19-28-26(30)31-20-22-13-7-4-8-14-22/h4-18,23,29H,19-21H2,1-3H3,(H,28,30)/t23-/m1/s1. The van der Waals surface area contributed by atoms with E-state index in [0.717, 1.165) is 15.9 Å². The van der Waals surface area contributed by atoms with Crippen LogP contribution in [0, 0.1) is 0 Å². The number of alkyl carbamates (subject to hydrolysis) is 1. The lowest BCUT2D eigenvalue weighted by Gasteiger charge is -2.43. The van der Waals surface area contributed by atoms with Gasteiger partial charge in [-0.05, 0) is 21.0 Å². The number of aliphatic hydroxyl groups is 1. The molecule has 0 heterocycles. The molecular formula is C27H33NO4Si. The maximum atomic E-state index is 12.0. The van der Waals surface area contributed by atoms with Crippen LogP contribution >= 0.6 is 0 Å². The van der Waals surface area contributed by atoms with Gasteiger partial charge in [0.1, 0.15) is 6.61 Å². The van der Waals surface area contributed by atoms with Gasteiger partial charge in [0, 0.05) is 6.54 Å². The minimum atomic E-state index is -2.73. The summed E-state index contributed by atoms with van der Waals surface area (Å²) in [6.45, 7) is 6.89. The predicted molar refractivity (Wildman–Crippen MR) is 134 cm³/mol. The van der Waals surface area contributed by atoms with Crippen molar-refractivity contribution in [3.63, 3.8) is 0 Å². The number of benzene rings is 3. The van der Waals surface area contributed by atoms with E-state index in [4.69, 9.17) is 9.16 Å². The SMILES string of the molecule is CC(C)(C)[Si](OC[C@H](O)CNC(=O)OCc1ccccc1)(c1ccccc1)c1ccccc1. The number of amides is 1. The van der Waals surface area contributed by atoms with E-state index in [1.807, 2.05) is 66.7 Å². The minimum Gasteiger partial charge on any atom is -0.445 e. The molecule has 0 fully saturated rings. The monoisotopic (exact) mass is 463 g/mol. The molecule has 0 aromatic heterocycles. The molecule has 0 radical (unpaired) electrons. The number of ether oxygens (including phenoxy) is 1. The Kier molecular flexibility index (Phi) is 8.44. The fourth-order valence-electron chi connectivity index (χ4n) is 4.02. The number of aliphatic hydroxyl groups excluding tert-OH is 1. The molecule has 0 unspecified atom stereocenters. The van der Waals surface area contributed by atoms with Crippen molar-refractivity contribution >= 4 is 24.8 Å². The highest BCUT2D eigenvalue weighted by atomic mass is 28.4. The Morgan fingerprint density at radius 3 is 1.85 bits per heavy atom. The van der Waals surface area contributed by atoms with Crippen LogP contribution in [0.5, 0.6) is 0 Å². The maximum Gasteiger partial charge on any atom is 0.407 e. The van der Waals surface area contributed by atoms with Crippen LogP contribution in [0.25, 0.3) is 0 Å². The van der Waals surface area contributed by atoms with Crippen molar-refractivity contribution in [1.82, 2.24) is 5.32 Å². The van der Waals surface area contributed by atoms with Gasteiger partial charge < -0.3 is 19.6 Å². The van der Waals surface area contributed by atoms with E-state index in [-0.39, 0.29) is 24.8 Å². The maximum absolute atomic E-state index is 12.0. The Morgan fingerprint density at radius 1 is 0.879 bits per heavy atom. The topological polar surface area (TPSA) is 67.8 Å². The molecule has 3 aromatic carbocycles. The molecule has 1 amide bonds. The fraction of sp³-hybridized carbons (Fsp3) is 0.296. The summed E-state index contributed by atoms with van der Waals surface area (Å²) in [5.74, 6) is 0. The van der Waals surface area contributed by atoms with E-state index in [9.17, 15) is 9.90 Å². The van der Waals surface area contributed by atoms with Crippen LogP contribution in [0.2, 0.25) is 5.04 Å². The third-order valence-electron chi connectivity index (χ3n) is 5.60. The first kappa shape index (κ1) is 24.7. The number of carbonyl (C=O) groups excluding carboxylic acids is 1. The first-order valence-corrected chi connectivity index (χ1v) is 13.1. The lowest BCUT2D eigenvalue weighted by atomic mass is 10.2. The summed E-state index contributed by atoms with van der Waals surface area (Å²) in [5, 5.41) is 15.4. The molecule has 0 aliphatic rings. The van der Waals surface area contributed by atoms with Gasteiger partial charge in [0.25, 0.3) is 8.32 Å². The summed E-state index contributed by atoms with van der Waals surface area (Å²) in [7, 11) is -2.73. The molecule has 0 bridgehead atoms. The Morgan fingerprint density at radius 2 is 1.36 bits per heavy atom. The summed E-state index contributed by atoms with van der Waals surface area (Å²) in [5.41, 5.74) is 0.906. The number of rotatable bonds is 9. The molecule has 0 saturated heterocycles. The number of carbonyl (C=O) groups is 1. The van der Waals surface area contributed by atoms with Gasteiger partial charge in [-0.3, -0.25) is 0 Å².